The molecule has 0 saturated carbocycles. The van der Waals surface area contributed by atoms with Crippen molar-refractivity contribution < 1.29 is 21.8 Å². The number of likely N-dealkylation sites (N-methyl/N-ethyl adjacent to an activating group) is 1. The predicted octanol–water partition coefficient (Wildman–Crippen LogP) is 1.26. The van der Waals surface area contributed by atoms with Crippen molar-refractivity contribution in [1.29, 1.82) is 0 Å². The van der Waals surface area contributed by atoms with E-state index in [4.69, 9.17) is 0 Å². The molecule has 1 aliphatic carbocycles. The van der Waals surface area contributed by atoms with Crippen molar-refractivity contribution in [2.45, 2.75) is 12.9 Å². The molecule has 0 fully saturated rings. The van der Waals surface area contributed by atoms with Gasteiger partial charge in [0.1, 0.15) is 0 Å². The Morgan fingerprint density at radius 2 is 1.71 bits per heavy atom. The van der Waals surface area contributed by atoms with Crippen LogP contribution in [0.3, 0.4) is 0 Å². The molecule has 1 atom stereocenters. The third-order valence-corrected chi connectivity index (χ3v) is 6.91. The summed E-state index contributed by atoms with van der Waals surface area (Å²) in [5.74, 6) is 0. The SMILES string of the molecule is CNC1=CC(NC)=C(NC)[CH]1[Zr]([CH3])[CH3]. The number of rotatable bonds is 4. The van der Waals surface area contributed by atoms with Gasteiger partial charge in [0, 0.05) is 0 Å². The first-order valence-corrected chi connectivity index (χ1v) is 11.3. The second-order valence-corrected chi connectivity index (χ2v) is 10.4. The van der Waals surface area contributed by atoms with E-state index < -0.39 is 21.8 Å². The Balaban J connectivity index is 3.00. The summed E-state index contributed by atoms with van der Waals surface area (Å²) in [5.41, 5.74) is 3.98. The van der Waals surface area contributed by atoms with Crippen LogP contribution in [-0.2, 0) is 21.8 Å². The van der Waals surface area contributed by atoms with Crippen molar-refractivity contribution in [2.24, 2.45) is 0 Å². The van der Waals surface area contributed by atoms with Crippen LogP contribution in [0.1, 0.15) is 0 Å². The minimum absolute atomic E-state index is 0.662. The fraction of sp³-hybridized carbons (Fsp3) is 0.600. The van der Waals surface area contributed by atoms with Gasteiger partial charge < -0.3 is 0 Å². The second kappa shape index (κ2) is 5.02. The molecule has 0 saturated heterocycles. The van der Waals surface area contributed by atoms with Crippen LogP contribution < -0.4 is 16.0 Å². The van der Waals surface area contributed by atoms with E-state index in [1.54, 1.807) is 0 Å². The molecule has 0 heterocycles. The first-order chi connectivity index (χ1) is 6.65. The molecule has 0 aromatic rings. The Labute approximate surface area is 94.7 Å². The zero-order valence-corrected chi connectivity index (χ0v) is 12.1. The van der Waals surface area contributed by atoms with Crippen molar-refractivity contribution in [3.63, 3.8) is 0 Å². The van der Waals surface area contributed by atoms with Crippen molar-refractivity contribution in [2.75, 3.05) is 21.1 Å². The van der Waals surface area contributed by atoms with E-state index in [-0.39, 0.29) is 0 Å². The van der Waals surface area contributed by atoms with Gasteiger partial charge in [-0.15, -0.1) is 0 Å². The Hall–Kier alpha value is -0.237. The molecule has 1 rings (SSSR count). The van der Waals surface area contributed by atoms with Crippen LogP contribution in [-0.4, -0.2) is 21.1 Å². The Kier molecular flexibility index (Phi) is 4.24. The molecular weight excluding hydrogens is 253 g/mol. The van der Waals surface area contributed by atoms with E-state index in [2.05, 4.69) is 31.3 Å². The van der Waals surface area contributed by atoms with Gasteiger partial charge in [0.25, 0.3) is 0 Å². The van der Waals surface area contributed by atoms with Crippen LogP contribution in [0.4, 0.5) is 0 Å². The van der Waals surface area contributed by atoms with Crippen molar-refractivity contribution >= 4 is 0 Å². The summed E-state index contributed by atoms with van der Waals surface area (Å²) in [7, 11) is 6.00. The van der Waals surface area contributed by atoms with E-state index in [1.165, 1.54) is 17.1 Å². The molecule has 0 aromatic heterocycles. The normalized spacial score (nSPS) is 20.6. The molecule has 3 N–H and O–H groups in total. The van der Waals surface area contributed by atoms with Crippen LogP contribution in [0.2, 0.25) is 12.9 Å². The summed E-state index contributed by atoms with van der Waals surface area (Å²) in [6.45, 7) is 0. The van der Waals surface area contributed by atoms with Gasteiger partial charge in [-0.3, -0.25) is 0 Å². The van der Waals surface area contributed by atoms with Crippen molar-refractivity contribution in [1.82, 2.24) is 16.0 Å². The molecule has 0 bridgehead atoms. The molecule has 0 aliphatic heterocycles. The summed E-state index contributed by atoms with van der Waals surface area (Å²) in [4.78, 5) is 0. The van der Waals surface area contributed by atoms with Crippen molar-refractivity contribution in [3.05, 3.63) is 23.2 Å². The zero-order chi connectivity index (χ0) is 10.7. The summed E-state index contributed by atoms with van der Waals surface area (Å²) in [6.07, 6.45) is 2.23. The van der Waals surface area contributed by atoms with Gasteiger partial charge in [-0.1, -0.05) is 0 Å². The van der Waals surface area contributed by atoms with Gasteiger partial charge in [0.2, 0.25) is 0 Å². The Bertz CT molecular complexity index is 269. The standard InChI is InChI=1S/C8H14N3.2CH3.Zr/c1-9-6-4-7(10-2)8(5-6)11-3;;;/h4-5,9-11H,1-3H3;2*1H3;. The summed E-state index contributed by atoms with van der Waals surface area (Å²) < 4.78 is 5.54. The van der Waals surface area contributed by atoms with Crippen LogP contribution in [0.25, 0.3) is 0 Å². The number of nitrogens with one attached hydrogen (secondary N) is 3. The number of hydrogen-bond donors (Lipinski definition) is 3. The Morgan fingerprint density at radius 1 is 1.07 bits per heavy atom. The van der Waals surface area contributed by atoms with Gasteiger partial charge in [-0.2, -0.15) is 0 Å². The molecule has 1 unspecified atom stereocenters. The van der Waals surface area contributed by atoms with Gasteiger partial charge in [0.15, 0.2) is 0 Å². The monoisotopic (exact) mass is 272 g/mol. The maximum absolute atomic E-state index is 3.33. The van der Waals surface area contributed by atoms with Crippen LogP contribution in [0, 0.1) is 0 Å². The molecule has 79 valence electrons. The molecule has 4 heteroatoms. The van der Waals surface area contributed by atoms with E-state index >= 15 is 0 Å². The third-order valence-electron chi connectivity index (χ3n) is 2.59. The quantitative estimate of drug-likeness (QED) is 0.722. The van der Waals surface area contributed by atoms with Crippen LogP contribution >= 0.6 is 0 Å². The molecule has 14 heavy (non-hydrogen) atoms. The number of allylic oxidation sites excluding steroid dienone is 1. The molecule has 0 radical (unpaired) electrons. The summed E-state index contributed by atoms with van der Waals surface area (Å²) in [5, 5.41) is 9.89. The maximum atomic E-state index is 3.33. The van der Waals surface area contributed by atoms with Gasteiger partial charge >= 0.3 is 94.9 Å². The fourth-order valence-corrected chi connectivity index (χ4v) is 6.17. The first kappa shape index (κ1) is 11.8. The zero-order valence-electron chi connectivity index (χ0n) is 9.65. The topological polar surface area (TPSA) is 36.1 Å². The molecule has 0 aromatic carbocycles. The average molecular weight is 274 g/mol. The predicted molar refractivity (Wildman–Crippen MR) is 57.8 cm³/mol. The number of hydrogen-bond acceptors (Lipinski definition) is 3. The fourth-order valence-electron chi connectivity index (χ4n) is 1.93. The molecular formula is C10H20N3Zr. The van der Waals surface area contributed by atoms with Gasteiger partial charge in [0.05, 0.1) is 0 Å². The van der Waals surface area contributed by atoms with E-state index in [0.717, 1.165) is 0 Å². The first-order valence-electron chi connectivity index (χ1n) is 4.94. The second-order valence-electron chi connectivity index (χ2n) is 3.69. The molecule has 1 aliphatic rings. The third kappa shape index (κ3) is 2.05. The molecule has 3 nitrogen and oxygen atoms in total. The average Bonchev–Trinajstić information content (AvgIpc) is 2.54. The van der Waals surface area contributed by atoms with Crippen molar-refractivity contribution in [3.8, 4) is 0 Å². The minimum atomic E-state index is -1.27. The molecule has 0 amide bonds. The van der Waals surface area contributed by atoms with E-state index in [0.29, 0.717) is 3.63 Å². The Morgan fingerprint density at radius 3 is 2.07 bits per heavy atom. The van der Waals surface area contributed by atoms with Crippen LogP contribution in [0.5, 0.6) is 0 Å². The van der Waals surface area contributed by atoms with E-state index in [1.807, 2.05) is 21.1 Å². The van der Waals surface area contributed by atoms with Gasteiger partial charge in [-0.25, -0.2) is 0 Å². The van der Waals surface area contributed by atoms with E-state index in [9.17, 15) is 0 Å². The van der Waals surface area contributed by atoms with Crippen LogP contribution in [0.15, 0.2) is 23.2 Å². The van der Waals surface area contributed by atoms with Gasteiger partial charge in [-0.05, 0) is 0 Å². The summed E-state index contributed by atoms with van der Waals surface area (Å²) >= 11 is -1.27. The summed E-state index contributed by atoms with van der Waals surface area (Å²) in [6, 6.07) is 0. The molecule has 0 spiro atoms.